The van der Waals surface area contributed by atoms with Crippen molar-refractivity contribution < 1.29 is 13.9 Å². The molecule has 1 amide bonds. The van der Waals surface area contributed by atoms with E-state index in [1.807, 2.05) is 13.0 Å². The summed E-state index contributed by atoms with van der Waals surface area (Å²) in [4.78, 5) is 12.5. The molecular weight excluding hydrogens is 319 g/mol. The van der Waals surface area contributed by atoms with Gasteiger partial charge in [0.25, 0.3) is 5.91 Å². The number of nitrogens with two attached hydrogens (primary N) is 1. The van der Waals surface area contributed by atoms with Crippen molar-refractivity contribution in [3.05, 3.63) is 35.6 Å². The Morgan fingerprint density at radius 2 is 2.12 bits per heavy atom. The molecule has 5 heteroatoms. The van der Waals surface area contributed by atoms with Crippen molar-refractivity contribution in [2.75, 3.05) is 13.2 Å². The maximum Gasteiger partial charge on any atom is 0.250 e. The first-order valence-corrected chi connectivity index (χ1v) is 9.49. The molecule has 3 N–H and O–H groups in total. The number of nitrogens with one attached hydrogen (secondary N) is 1. The first kappa shape index (κ1) is 19.9. The van der Waals surface area contributed by atoms with Crippen molar-refractivity contribution in [3.8, 4) is 0 Å². The monoisotopic (exact) mass is 350 g/mol. The minimum absolute atomic E-state index is 0.165. The standard InChI is InChI=1S/C20H31FN2O2/c1-2-25-19(18(22)14-15-7-4-3-5-8-15)20(24)23-12-11-16-9-6-10-17(21)13-16/h6,9-10,13,15,18-19H,2-5,7-8,11-12,14,22H2,1H3,(H,23,24)/t18-,19?/m1/s1. The number of ether oxygens (including phenoxy) is 1. The molecule has 0 heterocycles. The molecule has 1 aliphatic carbocycles. The van der Waals surface area contributed by atoms with E-state index in [4.69, 9.17) is 10.5 Å². The number of halogens is 1. The second-order valence-corrected chi connectivity index (χ2v) is 6.95. The number of hydrogen-bond acceptors (Lipinski definition) is 3. The minimum Gasteiger partial charge on any atom is -0.367 e. The zero-order chi connectivity index (χ0) is 18.1. The summed E-state index contributed by atoms with van der Waals surface area (Å²) in [5, 5.41) is 2.89. The van der Waals surface area contributed by atoms with Crippen molar-refractivity contribution in [1.82, 2.24) is 5.32 Å². The number of benzene rings is 1. The Morgan fingerprint density at radius 1 is 1.36 bits per heavy atom. The predicted octanol–water partition coefficient (Wildman–Crippen LogP) is 3.19. The summed E-state index contributed by atoms with van der Waals surface area (Å²) in [5.74, 6) is 0.180. The summed E-state index contributed by atoms with van der Waals surface area (Å²) in [6.45, 7) is 2.78. The molecule has 1 aromatic carbocycles. The average molecular weight is 350 g/mol. The second-order valence-electron chi connectivity index (χ2n) is 6.95. The molecule has 1 fully saturated rings. The summed E-state index contributed by atoms with van der Waals surface area (Å²) in [6, 6.07) is 6.15. The summed E-state index contributed by atoms with van der Waals surface area (Å²) in [5.41, 5.74) is 7.16. The van der Waals surface area contributed by atoms with E-state index in [0.29, 0.717) is 25.5 Å². The molecule has 4 nitrogen and oxygen atoms in total. The van der Waals surface area contributed by atoms with Crippen LogP contribution in [0, 0.1) is 11.7 Å². The van der Waals surface area contributed by atoms with Gasteiger partial charge in [-0.1, -0.05) is 44.2 Å². The highest BCUT2D eigenvalue weighted by Crippen LogP contribution is 2.27. The van der Waals surface area contributed by atoms with Crippen LogP contribution in [0.25, 0.3) is 0 Å². The first-order chi connectivity index (χ1) is 12.1. The highest BCUT2D eigenvalue weighted by Gasteiger charge is 2.28. The Bertz CT molecular complexity index is 532. The van der Waals surface area contributed by atoms with Crippen LogP contribution in [0.4, 0.5) is 4.39 Å². The van der Waals surface area contributed by atoms with Crippen molar-refractivity contribution in [2.45, 2.75) is 64.0 Å². The molecule has 140 valence electrons. The molecule has 2 rings (SSSR count). The minimum atomic E-state index is -0.612. The van der Waals surface area contributed by atoms with Crippen molar-refractivity contribution in [3.63, 3.8) is 0 Å². The molecule has 0 aliphatic heterocycles. The fourth-order valence-corrected chi connectivity index (χ4v) is 3.63. The lowest BCUT2D eigenvalue weighted by atomic mass is 9.84. The van der Waals surface area contributed by atoms with E-state index < -0.39 is 6.10 Å². The third kappa shape index (κ3) is 6.75. The van der Waals surface area contributed by atoms with E-state index in [9.17, 15) is 9.18 Å². The van der Waals surface area contributed by atoms with Gasteiger partial charge in [0.1, 0.15) is 5.82 Å². The van der Waals surface area contributed by atoms with E-state index in [-0.39, 0.29) is 17.8 Å². The van der Waals surface area contributed by atoms with E-state index in [1.54, 1.807) is 6.07 Å². The SMILES string of the molecule is CCOC(C(=O)NCCc1cccc(F)c1)[C@H](N)CC1CCCCC1. The van der Waals surface area contributed by atoms with Crippen LogP contribution in [0.1, 0.15) is 51.0 Å². The molecule has 0 spiro atoms. The van der Waals surface area contributed by atoms with Gasteiger partial charge in [-0.25, -0.2) is 4.39 Å². The van der Waals surface area contributed by atoms with Crippen LogP contribution in [-0.4, -0.2) is 31.2 Å². The third-order valence-corrected chi connectivity index (χ3v) is 4.93. The number of hydrogen-bond donors (Lipinski definition) is 2. The molecule has 1 unspecified atom stereocenters. The normalized spacial score (nSPS) is 17.9. The lowest BCUT2D eigenvalue weighted by Crippen LogP contribution is -2.49. The number of rotatable bonds is 9. The van der Waals surface area contributed by atoms with Gasteiger partial charge in [-0.3, -0.25) is 4.79 Å². The van der Waals surface area contributed by atoms with Gasteiger partial charge in [0.2, 0.25) is 0 Å². The molecule has 0 radical (unpaired) electrons. The van der Waals surface area contributed by atoms with Gasteiger partial charge >= 0.3 is 0 Å². The van der Waals surface area contributed by atoms with Crippen LogP contribution < -0.4 is 11.1 Å². The van der Waals surface area contributed by atoms with Crippen LogP contribution in [0.2, 0.25) is 0 Å². The van der Waals surface area contributed by atoms with E-state index in [1.165, 1.54) is 44.2 Å². The first-order valence-electron chi connectivity index (χ1n) is 9.49. The maximum absolute atomic E-state index is 13.2. The van der Waals surface area contributed by atoms with Gasteiger partial charge in [-0.2, -0.15) is 0 Å². The van der Waals surface area contributed by atoms with Crippen LogP contribution in [-0.2, 0) is 16.0 Å². The van der Waals surface area contributed by atoms with E-state index in [0.717, 1.165) is 12.0 Å². The number of carbonyl (C=O) groups excluding carboxylic acids is 1. The van der Waals surface area contributed by atoms with Crippen molar-refractivity contribution in [2.24, 2.45) is 11.7 Å². The molecule has 2 atom stereocenters. The smallest absolute Gasteiger partial charge is 0.250 e. The van der Waals surface area contributed by atoms with Gasteiger partial charge in [0.15, 0.2) is 6.10 Å². The van der Waals surface area contributed by atoms with Crippen LogP contribution >= 0.6 is 0 Å². The summed E-state index contributed by atoms with van der Waals surface area (Å²) in [6.07, 6.45) is 7.04. The Kier molecular flexibility index (Phi) is 8.35. The second kappa shape index (κ2) is 10.5. The summed E-state index contributed by atoms with van der Waals surface area (Å²) < 4.78 is 18.8. The van der Waals surface area contributed by atoms with Crippen molar-refractivity contribution in [1.29, 1.82) is 0 Å². The molecule has 1 saturated carbocycles. The Morgan fingerprint density at radius 3 is 2.80 bits per heavy atom. The van der Waals surface area contributed by atoms with E-state index >= 15 is 0 Å². The lowest BCUT2D eigenvalue weighted by Gasteiger charge is -2.28. The van der Waals surface area contributed by atoms with Crippen LogP contribution in [0.5, 0.6) is 0 Å². The molecule has 1 aliphatic rings. The largest absolute Gasteiger partial charge is 0.367 e. The molecule has 0 bridgehead atoms. The highest BCUT2D eigenvalue weighted by atomic mass is 19.1. The molecule has 0 saturated heterocycles. The summed E-state index contributed by atoms with van der Waals surface area (Å²) in [7, 11) is 0. The quantitative estimate of drug-likeness (QED) is 0.719. The Labute approximate surface area is 150 Å². The zero-order valence-electron chi connectivity index (χ0n) is 15.2. The Hall–Kier alpha value is -1.46. The van der Waals surface area contributed by atoms with Gasteiger partial charge in [-0.05, 0) is 43.4 Å². The molecule has 0 aromatic heterocycles. The third-order valence-electron chi connectivity index (χ3n) is 4.93. The van der Waals surface area contributed by atoms with Crippen LogP contribution in [0.15, 0.2) is 24.3 Å². The fraction of sp³-hybridized carbons (Fsp3) is 0.650. The average Bonchev–Trinajstić information content (AvgIpc) is 2.60. The molecular formula is C20H31FN2O2. The number of carbonyl (C=O) groups is 1. The highest BCUT2D eigenvalue weighted by molar-refractivity contribution is 5.81. The lowest BCUT2D eigenvalue weighted by molar-refractivity contribution is -0.134. The van der Waals surface area contributed by atoms with Gasteiger partial charge in [-0.15, -0.1) is 0 Å². The maximum atomic E-state index is 13.2. The molecule has 1 aromatic rings. The van der Waals surface area contributed by atoms with Gasteiger partial charge in [0.05, 0.1) is 0 Å². The topological polar surface area (TPSA) is 64.3 Å². The van der Waals surface area contributed by atoms with Gasteiger partial charge in [0, 0.05) is 19.2 Å². The van der Waals surface area contributed by atoms with Gasteiger partial charge < -0.3 is 15.8 Å². The van der Waals surface area contributed by atoms with Crippen molar-refractivity contribution >= 4 is 5.91 Å². The predicted molar refractivity (Wildman–Crippen MR) is 97.7 cm³/mol. The Balaban J connectivity index is 1.81. The number of amides is 1. The zero-order valence-corrected chi connectivity index (χ0v) is 15.2. The molecule has 25 heavy (non-hydrogen) atoms. The van der Waals surface area contributed by atoms with Crippen LogP contribution in [0.3, 0.4) is 0 Å². The summed E-state index contributed by atoms with van der Waals surface area (Å²) >= 11 is 0. The fourth-order valence-electron chi connectivity index (χ4n) is 3.63. The van der Waals surface area contributed by atoms with E-state index in [2.05, 4.69) is 5.32 Å².